The number of carboxylic acid groups (broad SMARTS) is 1. The SMILES string of the molecule is COC1CN(C(=O)N[C@@H](C)C(=O)O)CC1OC. The minimum atomic E-state index is -1.07. The number of nitrogens with zero attached hydrogens (tertiary/aromatic N) is 1. The van der Waals surface area contributed by atoms with Crippen LogP contribution in [0.5, 0.6) is 0 Å². The zero-order valence-electron chi connectivity index (χ0n) is 10.2. The molecule has 1 saturated heterocycles. The maximum Gasteiger partial charge on any atom is 0.325 e. The maximum absolute atomic E-state index is 11.7. The van der Waals surface area contributed by atoms with Crippen molar-refractivity contribution in [3.63, 3.8) is 0 Å². The first-order valence-corrected chi connectivity index (χ1v) is 5.33. The molecule has 1 aliphatic heterocycles. The van der Waals surface area contributed by atoms with E-state index < -0.39 is 18.0 Å². The van der Waals surface area contributed by atoms with E-state index in [0.717, 1.165) is 0 Å². The molecule has 1 heterocycles. The van der Waals surface area contributed by atoms with E-state index in [0.29, 0.717) is 13.1 Å². The Kier molecular flexibility index (Phi) is 4.71. The van der Waals surface area contributed by atoms with E-state index in [1.807, 2.05) is 0 Å². The van der Waals surface area contributed by atoms with Crippen LogP contribution in [0.1, 0.15) is 6.92 Å². The number of nitrogens with one attached hydrogen (secondary N) is 1. The number of likely N-dealkylation sites (tertiary alicyclic amines) is 1. The average Bonchev–Trinajstić information content (AvgIpc) is 2.71. The van der Waals surface area contributed by atoms with Gasteiger partial charge in [-0.25, -0.2) is 4.79 Å². The van der Waals surface area contributed by atoms with Crippen LogP contribution in [0.4, 0.5) is 4.79 Å². The van der Waals surface area contributed by atoms with Gasteiger partial charge in [0.05, 0.1) is 13.1 Å². The number of urea groups is 1. The van der Waals surface area contributed by atoms with Gasteiger partial charge in [-0.1, -0.05) is 0 Å². The zero-order chi connectivity index (χ0) is 13.0. The Labute approximate surface area is 99.7 Å². The zero-order valence-corrected chi connectivity index (χ0v) is 10.2. The third kappa shape index (κ3) is 3.31. The number of carboxylic acids is 1. The van der Waals surface area contributed by atoms with E-state index >= 15 is 0 Å². The average molecular weight is 246 g/mol. The van der Waals surface area contributed by atoms with Gasteiger partial charge in [-0.05, 0) is 6.92 Å². The van der Waals surface area contributed by atoms with Crippen LogP contribution in [0.15, 0.2) is 0 Å². The largest absolute Gasteiger partial charge is 0.480 e. The van der Waals surface area contributed by atoms with E-state index in [1.165, 1.54) is 11.8 Å². The first-order chi connectivity index (χ1) is 7.99. The van der Waals surface area contributed by atoms with Crippen molar-refractivity contribution in [3.8, 4) is 0 Å². The van der Waals surface area contributed by atoms with Crippen LogP contribution < -0.4 is 5.32 Å². The van der Waals surface area contributed by atoms with Crippen LogP contribution in [-0.4, -0.2) is 67.6 Å². The Hall–Kier alpha value is -1.34. The van der Waals surface area contributed by atoms with Gasteiger partial charge in [0.2, 0.25) is 0 Å². The number of carbonyl (C=O) groups excluding carboxylic acids is 1. The second kappa shape index (κ2) is 5.83. The number of carbonyl (C=O) groups is 2. The third-order valence-corrected chi connectivity index (χ3v) is 2.82. The summed E-state index contributed by atoms with van der Waals surface area (Å²) in [4.78, 5) is 23.8. The molecule has 98 valence electrons. The fourth-order valence-electron chi connectivity index (χ4n) is 1.70. The lowest BCUT2D eigenvalue weighted by molar-refractivity contribution is -0.138. The summed E-state index contributed by atoms with van der Waals surface area (Å²) in [5, 5.41) is 11.1. The molecule has 2 unspecified atom stereocenters. The second-order valence-electron chi connectivity index (χ2n) is 3.96. The van der Waals surface area contributed by atoms with Gasteiger partial charge < -0.3 is 24.8 Å². The lowest BCUT2D eigenvalue weighted by atomic mass is 10.3. The number of hydrogen-bond donors (Lipinski definition) is 2. The topological polar surface area (TPSA) is 88.1 Å². The monoisotopic (exact) mass is 246 g/mol. The molecular formula is C10H18N2O5. The fraction of sp³-hybridized carbons (Fsp3) is 0.800. The van der Waals surface area contributed by atoms with Crippen LogP contribution in [0.2, 0.25) is 0 Å². The predicted octanol–water partition coefficient (Wildman–Crippen LogP) is -0.485. The first kappa shape index (κ1) is 13.7. The minimum Gasteiger partial charge on any atom is -0.480 e. The molecule has 3 atom stereocenters. The molecule has 0 aromatic heterocycles. The molecule has 7 heteroatoms. The van der Waals surface area contributed by atoms with Gasteiger partial charge in [0.25, 0.3) is 0 Å². The predicted molar refractivity (Wildman–Crippen MR) is 58.8 cm³/mol. The molecule has 17 heavy (non-hydrogen) atoms. The summed E-state index contributed by atoms with van der Waals surface area (Å²) in [6.45, 7) is 2.21. The number of hydrogen-bond acceptors (Lipinski definition) is 4. The Bertz CT molecular complexity index is 284. The molecule has 0 saturated carbocycles. The van der Waals surface area contributed by atoms with Gasteiger partial charge in [0, 0.05) is 14.2 Å². The molecule has 0 radical (unpaired) electrons. The highest BCUT2D eigenvalue weighted by Crippen LogP contribution is 2.15. The van der Waals surface area contributed by atoms with Gasteiger partial charge in [0.15, 0.2) is 0 Å². The molecule has 1 aliphatic rings. The Morgan fingerprint density at radius 3 is 2.12 bits per heavy atom. The summed E-state index contributed by atoms with van der Waals surface area (Å²) in [5.74, 6) is -1.07. The van der Waals surface area contributed by atoms with E-state index in [4.69, 9.17) is 14.6 Å². The Morgan fingerprint density at radius 1 is 1.29 bits per heavy atom. The number of aliphatic carboxylic acids is 1. The van der Waals surface area contributed by atoms with E-state index in [2.05, 4.69) is 5.32 Å². The van der Waals surface area contributed by atoms with Crippen LogP contribution in [0.25, 0.3) is 0 Å². The summed E-state index contributed by atoms with van der Waals surface area (Å²) in [6.07, 6.45) is -0.350. The van der Waals surface area contributed by atoms with Crippen molar-refractivity contribution in [2.24, 2.45) is 0 Å². The summed E-state index contributed by atoms with van der Waals surface area (Å²) >= 11 is 0. The molecule has 0 aromatic carbocycles. The van der Waals surface area contributed by atoms with Gasteiger partial charge in [-0.2, -0.15) is 0 Å². The van der Waals surface area contributed by atoms with E-state index in [1.54, 1.807) is 14.2 Å². The maximum atomic E-state index is 11.7. The lowest BCUT2D eigenvalue weighted by Crippen LogP contribution is -2.46. The summed E-state index contributed by atoms with van der Waals surface area (Å²) in [5.41, 5.74) is 0. The van der Waals surface area contributed by atoms with E-state index in [9.17, 15) is 9.59 Å². The molecule has 0 spiro atoms. The molecule has 0 aliphatic carbocycles. The highest BCUT2D eigenvalue weighted by Gasteiger charge is 2.36. The van der Waals surface area contributed by atoms with Crippen molar-refractivity contribution in [2.45, 2.75) is 25.2 Å². The second-order valence-corrected chi connectivity index (χ2v) is 3.96. The quantitative estimate of drug-likeness (QED) is 0.699. The van der Waals surface area contributed by atoms with Gasteiger partial charge in [-0.3, -0.25) is 4.79 Å². The molecule has 7 nitrogen and oxygen atoms in total. The molecule has 1 fully saturated rings. The van der Waals surface area contributed by atoms with Crippen LogP contribution in [0.3, 0.4) is 0 Å². The van der Waals surface area contributed by atoms with Crippen molar-refractivity contribution >= 4 is 12.0 Å². The van der Waals surface area contributed by atoms with Crippen molar-refractivity contribution in [1.82, 2.24) is 10.2 Å². The molecular weight excluding hydrogens is 228 g/mol. The summed E-state index contributed by atoms with van der Waals surface area (Å²) in [6, 6.07) is -1.33. The van der Waals surface area contributed by atoms with Gasteiger partial charge >= 0.3 is 12.0 Å². The van der Waals surface area contributed by atoms with Gasteiger partial charge in [0.1, 0.15) is 18.2 Å². The standard InChI is InChI=1S/C10H18N2O5/c1-6(9(13)14)11-10(15)12-4-7(16-2)8(5-12)17-3/h6-8H,4-5H2,1-3H3,(H,11,15)(H,13,14)/t6-,7?,8?/m0/s1. The van der Waals surface area contributed by atoms with Crippen molar-refractivity contribution < 1.29 is 24.2 Å². The van der Waals surface area contributed by atoms with Crippen molar-refractivity contribution in [2.75, 3.05) is 27.3 Å². The molecule has 0 aromatic rings. The van der Waals surface area contributed by atoms with E-state index in [-0.39, 0.29) is 12.2 Å². The number of amides is 2. The molecule has 2 N–H and O–H groups in total. The summed E-state index contributed by atoms with van der Waals surface area (Å²) < 4.78 is 10.4. The van der Waals surface area contributed by atoms with Crippen LogP contribution in [-0.2, 0) is 14.3 Å². The van der Waals surface area contributed by atoms with Crippen LogP contribution in [0, 0.1) is 0 Å². The van der Waals surface area contributed by atoms with Crippen molar-refractivity contribution in [1.29, 1.82) is 0 Å². The van der Waals surface area contributed by atoms with Crippen molar-refractivity contribution in [3.05, 3.63) is 0 Å². The highest BCUT2D eigenvalue weighted by atomic mass is 16.5. The molecule has 0 bridgehead atoms. The smallest absolute Gasteiger partial charge is 0.325 e. The number of methoxy groups -OCH3 is 2. The van der Waals surface area contributed by atoms with Crippen LogP contribution >= 0.6 is 0 Å². The molecule has 2 amide bonds. The lowest BCUT2D eigenvalue weighted by Gasteiger charge is -2.18. The Balaban J connectivity index is 2.52. The Morgan fingerprint density at radius 2 is 1.76 bits per heavy atom. The number of rotatable bonds is 4. The third-order valence-electron chi connectivity index (χ3n) is 2.82. The summed E-state index contributed by atoms with van der Waals surface area (Å²) in [7, 11) is 3.11. The first-order valence-electron chi connectivity index (χ1n) is 5.33. The minimum absolute atomic E-state index is 0.175. The fourth-order valence-corrected chi connectivity index (χ4v) is 1.70. The normalized spacial score (nSPS) is 25.7. The van der Waals surface area contributed by atoms with Gasteiger partial charge in [-0.15, -0.1) is 0 Å². The highest BCUT2D eigenvalue weighted by molar-refractivity contribution is 5.82. The molecule has 1 rings (SSSR count). The number of ether oxygens (including phenoxy) is 2.